The van der Waals surface area contributed by atoms with Crippen LogP contribution < -0.4 is 5.32 Å². The smallest absolute Gasteiger partial charge is 0.345 e. The van der Waals surface area contributed by atoms with Crippen LogP contribution in [0.5, 0.6) is 0 Å². The van der Waals surface area contributed by atoms with E-state index in [-0.39, 0.29) is 0 Å². The Kier molecular flexibility index (Phi) is 3.85. The number of rotatable bonds is 5. The van der Waals surface area contributed by atoms with Crippen molar-refractivity contribution in [2.45, 2.75) is 13.5 Å². The lowest BCUT2D eigenvalue weighted by Gasteiger charge is -2.00. The Morgan fingerprint density at radius 2 is 2.36 bits per heavy atom. The van der Waals surface area contributed by atoms with Crippen LogP contribution in [-0.2, 0) is 6.54 Å². The normalized spacial score (nSPS) is 10.1. The van der Waals surface area contributed by atoms with E-state index in [1.54, 1.807) is 6.07 Å². The van der Waals surface area contributed by atoms with E-state index in [1.807, 2.05) is 13.0 Å². The summed E-state index contributed by atoms with van der Waals surface area (Å²) in [6, 6.07) is 3.46. The van der Waals surface area contributed by atoms with Crippen molar-refractivity contribution in [3.8, 4) is 0 Å². The number of carbonyl (C=O) groups is 1. The Bertz CT molecular complexity index is 344. The minimum atomic E-state index is -0.860. The quantitative estimate of drug-likeness (QED) is 0.733. The number of thiophene rings is 1. The highest BCUT2D eigenvalue weighted by atomic mass is 32.1. The zero-order valence-corrected chi connectivity index (χ0v) is 8.86. The van der Waals surface area contributed by atoms with Gasteiger partial charge in [0.15, 0.2) is 0 Å². The summed E-state index contributed by atoms with van der Waals surface area (Å²) in [6.45, 7) is 7.18. The van der Waals surface area contributed by atoms with Crippen LogP contribution in [0.1, 0.15) is 21.5 Å². The second kappa shape index (κ2) is 4.93. The summed E-state index contributed by atoms with van der Waals surface area (Å²) in [4.78, 5) is 12.0. The molecule has 0 bridgehead atoms. The van der Waals surface area contributed by atoms with Crippen LogP contribution in [0.15, 0.2) is 24.3 Å². The van der Waals surface area contributed by atoms with Crippen LogP contribution in [-0.4, -0.2) is 17.6 Å². The van der Waals surface area contributed by atoms with Crippen LogP contribution in [0.3, 0.4) is 0 Å². The van der Waals surface area contributed by atoms with Gasteiger partial charge in [-0.3, -0.25) is 0 Å². The molecule has 14 heavy (non-hydrogen) atoms. The van der Waals surface area contributed by atoms with Gasteiger partial charge in [0.25, 0.3) is 0 Å². The van der Waals surface area contributed by atoms with Crippen molar-refractivity contribution in [3.05, 3.63) is 34.0 Å². The molecule has 0 aliphatic carbocycles. The minimum Gasteiger partial charge on any atom is -0.477 e. The molecule has 0 radical (unpaired) electrons. The SMILES string of the molecule is C=C(C)CNCc1ccc(C(=O)O)s1. The maximum atomic E-state index is 10.6. The van der Waals surface area contributed by atoms with Gasteiger partial charge in [-0.15, -0.1) is 11.3 Å². The van der Waals surface area contributed by atoms with Crippen molar-refractivity contribution in [2.24, 2.45) is 0 Å². The molecule has 0 saturated heterocycles. The van der Waals surface area contributed by atoms with Crippen molar-refractivity contribution < 1.29 is 9.90 Å². The first-order valence-corrected chi connectivity index (χ1v) is 5.08. The largest absolute Gasteiger partial charge is 0.477 e. The summed E-state index contributed by atoms with van der Waals surface area (Å²) in [5.41, 5.74) is 1.07. The molecule has 0 aliphatic heterocycles. The van der Waals surface area contributed by atoms with E-state index >= 15 is 0 Å². The average molecular weight is 211 g/mol. The topological polar surface area (TPSA) is 49.3 Å². The van der Waals surface area contributed by atoms with Gasteiger partial charge in [-0.25, -0.2) is 4.79 Å². The molecular formula is C10H13NO2S. The maximum Gasteiger partial charge on any atom is 0.345 e. The van der Waals surface area contributed by atoms with Gasteiger partial charge < -0.3 is 10.4 Å². The molecule has 0 fully saturated rings. The molecule has 0 unspecified atom stereocenters. The molecule has 0 spiro atoms. The third kappa shape index (κ3) is 3.32. The zero-order chi connectivity index (χ0) is 10.6. The number of nitrogens with one attached hydrogen (secondary N) is 1. The number of carboxylic acid groups (broad SMARTS) is 1. The van der Waals surface area contributed by atoms with E-state index in [0.717, 1.165) is 17.0 Å². The summed E-state index contributed by atoms with van der Waals surface area (Å²) in [5, 5.41) is 11.9. The maximum absolute atomic E-state index is 10.6. The second-order valence-corrected chi connectivity index (χ2v) is 4.30. The summed E-state index contributed by atoms with van der Waals surface area (Å²) in [7, 11) is 0. The number of hydrogen-bond acceptors (Lipinski definition) is 3. The van der Waals surface area contributed by atoms with Gasteiger partial charge in [0.2, 0.25) is 0 Å². The van der Waals surface area contributed by atoms with Crippen molar-refractivity contribution in [2.75, 3.05) is 6.54 Å². The molecule has 0 aromatic carbocycles. The predicted octanol–water partition coefficient (Wildman–Crippen LogP) is 2.11. The highest BCUT2D eigenvalue weighted by Gasteiger charge is 2.05. The monoisotopic (exact) mass is 211 g/mol. The number of hydrogen-bond donors (Lipinski definition) is 2. The predicted molar refractivity (Wildman–Crippen MR) is 57.8 cm³/mol. The molecule has 1 aromatic rings. The molecule has 1 aromatic heterocycles. The molecule has 0 saturated carbocycles. The second-order valence-electron chi connectivity index (χ2n) is 3.13. The van der Waals surface area contributed by atoms with Gasteiger partial charge in [-0.1, -0.05) is 12.2 Å². The molecule has 0 atom stereocenters. The summed E-state index contributed by atoms with van der Waals surface area (Å²) in [5.74, 6) is -0.860. The molecule has 4 heteroatoms. The van der Waals surface area contributed by atoms with Gasteiger partial charge >= 0.3 is 5.97 Å². The molecule has 1 rings (SSSR count). The van der Waals surface area contributed by atoms with Crippen molar-refractivity contribution in [3.63, 3.8) is 0 Å². The first kappa shape index (κ1) is 10.9. The van der Waals surface area contributed by atoms with Crippen LogP contribution >= 0.6 is 11.3 Å². The first-order chi connectivity index (χ1) is 6.59. The molecule has 0 amide bonds. The number of aromatic carboxylic acids is 1. The van der Waals surface area contributed by atoms with E-state index in [9.17, 15) is 4.79 Å². The van der Waals surface area contributed by atoms with Crippen LogP contribution in [0.25, 0.3) is 0 Å². The Hall–Kier alpha value is -1.13. The molecular weight excluding hydrogens is 198 g/mol. The van der Waals surface area contributed by atoms with Gasteiger partial charge in [-0.05, 0) is 19.1 Å². The third-order valence-electron chi connectivity index (χ3n) is 1.60. The van der Waals surface area contributed by atoms with E-state index in [2.05, 4.69) is 11.9 Å². The molecule has 0 aliphatic rings. The van der Waals surface area contributed by atoms with Gasteiger partial charge in [-0.2, -0.15) is 0 Å². The lowest BCUT2D eigenvalue weighted by molar-refractivity contribution is 0.0702. The minimum absolute atomic E-state index is 0.386. The average Bonchev–Trinajstić information content (AvgIpc) is 2.52. The van der Waals surface area contributed by atoms with Crippen molar-refractivity contribution >= 4 is 17.3 Å². The highest BCUT2D eigenvalue weighted by Crippen LogP contribution is 2.15. The summed E-state index contributed by atoms with van der Waals surface area (Å²) >= 11 is 1.30. The summed E-state index contributed by atoms with van der Waals surface area (Å²) in [6.07, 6.45) is 0. The fourth-order valence-electron chi connectivity index (χ4n) is 0.987. The molecule has 2 N–H and O–H groups in total. The Balaban J connectivity index is 2.44. The van der Waals surface area contributed by atoms with E-state index in [1.165, 1.54) is 11.3 Å². The van der Waals surface area contributed by atoms with E-state index in [4.69, 9.17) is 5.11 Å². The lowest BCUT2D eigenvalue weighted by atomic mass is 10.3. The fraction of sp³-hybridized carbons (Fsp3) is 0.300. The Morgan fingerprint density at radius 1 is 1.64 bits per heavy atom. The first-order valence-electron chi connectivity index (χ1n) is 4.26. The van der Waals surface area contributed by atoms with Crippen molar-refractivity contribution in [1.82, 2.24) is 5.32 Å². The third-order valence-corrected chi connectivity index (χ3v) is 2.67. The van der Waals surface area contributed by atoms with Crippen LogP contribution in [0, 0.1) is 0 Å². The standard InChI is InChI=1S/C10H13NO2S/c1-7(2)5-11-6-8-3-4-9(14-8)10(12)13/h3-4,11H,1,5-6H2,2H3,(H,12,13). The van der Waals surface area contributed by atoms with E-state index < -0.39 is 5.97 Å². The van der Waals surface area contributed by atoms with Crippen LogP contribution in [0.4, 0.5) is 0 Å². The van der Waals surface area contributed by atoms with Crippen molar-refractivity contribution in [1.29, 1.82) is 0 Å². The Morgan fingerprint density at radius 3 is 2.86 bits per heavy atom. The van der Waals surface area contributed by atoms with E-state index in [0.29, 0.717) is 11.4 Å². The molecule has 76 valence electrons. The van der Waals surface area contributed by atoms with Crippen LogP contribution in [0.2, 0.25) is 0 Å². The van der Waals surface area contributed by atoms with Gasteiger partial charge in [0, 0.05) is 18.0 Å². The zero-order valence-electron chi connectivity index (χ0n) is 8.04. The van der Waals surface area contributed by atoms with Gasteiger partial charge in [0.1, 0.15) is 4.88 Å². The number of carboxylic acids is 1. The molecule has 1 heterocycles. The summed E-state index contributed by atoms with van der Waals surface area (Å²) < 4.78 is 0. The molecule has 3 nitrogen and oxygen atoms in total. The highest BCUT2D eigenvalue weighted by molar-refractivity contribution is 7.13. The Labute approximate surface area is 87.1 Å². The lowest BCUT2D eigenvalue weighted by Crippen LogP contribution is -2.14. The fourth-order valence-corrected chi connectivity index (χ4v) is 1.80. The van der Waals surface area contributed by atoms with Gasteiger partial charge in [0.05, 0.1) is 0 Å².